The third-order valence-electron chi connectivity index (χ3n) is 5.52. The van der Waals surface area contributed by atoms with Gasteiger partial charge in [0.05, 0.1) is 11.3 Å². The van der Waals surface area contributed by atoms with Crippen LogP contribution in [0.25, 0.3) is 0 Å². The summed E-state index contributed by atoms with van der Waals surface area (Å²) in [7, 11) is 0. The van der Waals surface area contributed by atoms with E-state index in [4.69, 9.17) is 0 Å². The van der Waals surface area contributed by atoms with Gasteiger partial charge in [0.2, 0.25) is 6.41 Å². The molecule has 0 heterocycles. The number of rotatable bonds is 3. The standard InChI is InChI=1S/C19H17NO4/c21-9-20-18-15(19(23)24)6-5-14-12-3-4-13(12)16-8-11(22)2-1-10(16)7-17(14)18/h1-2,5-6,9,12-13H,3-4,7-8H2,(H,20,21)(H,23,24). The first-order valence-corrected chi connectivity index (χ1v) is 8.12. The highest BCUT2D eigenvalue weighted by molar-refractivity contribution is 5.98. The molecule has 2 atom stereocenters. The largest absolute Gasteiger partial charge is 0.478 e. The van der Waals surface area contributed by atoms with Crippen LogP contribution in [0.3, 0.4) is 0 Å². The first kappa shape index (κ1) is 14.9. The Labute approximate surface area is 139 Å². The van der Waals surface area contributed by atoms with E-state index < -0.39 is 5.97 Å². The van der Waals surface area contributed by atoms with Gasteiger partial charge < -0.3 is 10.4 Å². The SMILES string of the molecule is O=CNc1c(C(=O)O)ccc2c1CC1=C(CC(=O)C=C1)C1CCC21. The van der Waals surface area contributed by atoms with Crippen molar-refractivity contribution in [2.45, 2.75) is 31.6 Å². The minimum Gasteiger partial charge on any atom is -0.478 e. The van der Waals surface area contributed by atoms with Crippen molar-refractivity contribution < 1.29 is 19.5 Å². The molecule has 1 amide bonds. The van der Waals surface area contributed by atoms with Crippen LogP contribution < -0.4 is 5.32 Å². The second-order valence-corrected chi connectivity index (χ2v) is 6.62. The van der Waals surface area contributed by atoms with Crippen molar-refractivity contribution in [3.05, 3.63) is 52.1 Å². The third-order valence-corrected chi connectivity index (χ3v) is 5.52. The first-order valence-electron chi connectivity index (χ1n) is 8.12. The van der Waals surface area contributed by atoms with Gasteiger partial charge in [-0.2, -0.15) is 0 Å². The summed E-state index contributed by atoms with van der Waals surface area (Å²) in [5.41, 5.74) is 4.77. The molecule has 0 bridgehead atoms. The number of fused-ring (bicyclic) bond motifs is 4. The number of allylic oxidation sites excluding steroid dienone is 4. The molecule has 2 unspecified atom stereocenters. The number of nitrogens with one attached hydrogen (secondary N) is 1. The second-order valence-electron chi connectivity index (χ2n) is 6.62. The van der Waals surface area contributed by atoms with Crippen molar-refractivity contribution >= 4 is 23.9 Å². The van der Waals surface area contributed by atoms with Gasteiger partial charge in [0, 0.05) is 6.42 Å². The van der Waals surface area contributed by atoms with Gasteiger partial charge in [-0.15, -0.1) is 0 Å². The summed E-state index contributed by atoms with van der Waals surface area (Å²) in [5.74, 6) is -0.264. The predicted molar refractivity (Wildman–Crippen MR) is 88.0 cm³/mol. The first-order chi connectivity index (χ1) is 11.6. The Bertz CT molecular complexity index is 834. The van der Waals surface area contributed by atoms with Crippen LogP contribution in [0.15, 0.2) is 35.4 Å². The highest BCUT2D eigenvalue weighted by atomic mass is 16.4. The maximum Gasteiger partial charge on any atom is 0.337 e. The number of carbonyl (C=O) groups excluding carboxylic acids is 2. The lowest BCUT2D eigenvalue weighted by Gasteiger charge is -2.39. The quantitative estimate of drug-likeness (QED) is 0.838. The van der Waals surface area contributed by atoms with Crippen LogP contribution in [-0.2, 0) is 16.0 Å². The van der Waals surface area contributed by atoms with Gasteiger partial charge in [0.15, 0.2) is 5.78 Å². The van der Waals surface area contributed by atoms with E-state index in [0.717, 1.165) is 29.5 Å². The van der Waals surface area contributed by atoms with Crippen LogP contribution in [0.4, 0.5) is 5.69 Å². The minimum absolute atomic E-state index is 0.108. The number of hydrogen-bond acceptors (Lipinski definition) is 3. The summed E-state index contributed by atoms with van der Waals surface area (Å²) in [5, 5.41) is 12.0. The number of carboxylic acid groups (broad SMARTS) is 1. The zero-order chi connectivity index (χ0) is 16.8. The number of hydrogen-bond donors (Lipinski definition) is 2. The lowest BCUT2D eigenvalue weighted by Crippen LogP contribution is -2.27. The zero-order valence-electron chi connectivity index (χ0n) is 13.0. The van der Waals surface area contributed by atoms with Crippen molar-refractivity contribution in [3.63, 3.8) is 0 Å². The molecule has 3 aliphatic rings. The fraction of sp³-hybridized carbons (Fsp3) is 0.316. The van der Waals surface area contributed by atoms with E-state index in [9.17, 15) is 19.5 Å². The van der Waals surface area contributed by atoms with Gasteiger partial charge in [0.25, 0.3) is 0 Å². The average Bonchev–Trinajstić information content (AvgIpc) is 2.59. The summed E-state index contributed by atoms with van der Waals surface area (Å²) in [6, 6.07) is 3.46. The zero-order valence-corrected chi connectivity index (χ0v) is 13.0. The summed E-state index contributed by atoms with van der Waals surface area (Å²) in [4.78, 5) is 34.4. The van der Waals surface area contributed by atoms with E-state index in [1.54, 1.807) is 12.1 Å². The van der Waals surface area contributed by atoms with Crippen LogP contribution >= 0.6 is 0 Å². The van der Waals surface area contributed by atoms with Crippen molar-refractivity contribution in [2.24, 2.45) is 5.92 Å². The average molecular weight is 323 g/mol. The van der Waals surface area contributed by atoms with Crippen LogP contribution in [0.2, 0.25) is 0 Å². The summed E-state index contributed by atoms with van der Waals surface area (Å²) >= 11 is 0. The molecule has 3 aliphatic carbocycles. The number of aromatic carboxylic acids is 1. The summed E-state index contributed by atoms with van der Waals surface area (Å²) in [6.45, 7) is 0. The molecule has 0 spiro atoms. The molecule has 1 fully saturated rings. The number of anilines is 1. The van der Waals surface area contributed by atoms with E-state index in [1.807, 2.05) is 12.1 Å². The maximum atomic E-state index is 11.8. The Morgan fingerprint density at radius 1 is 1.17 bits per heavy atom. The predicted octanol–water partition coefficient (Wildman–Crippen LogP) is 2.83. The van der Waals surface area contributed by atoms with Gasteiger partial charge in [-0.1, -0.05) is 17.7 Å². The molecule has 5 heteroatoms. The Hall–Kier alpha value is -2.69. The monoisotopic (exact) mass is 323 g/mol. The van der Waals surface area contributed by atoms with Crippen molar-refractivity contribution in [1.82, 2.24) is 0 Å². The van der Waals surface area contributed by atoms with Crippen molar-refractivity contribution in [2.75, 3.05) is 5.32 Å². The number of amides is 1. The Morgan fingerprint density at radius 2 is 1.96 bits per heavy atom. The summed E-state index contributed by atoms with van der Waals surface area (Å²) < 4.78 is 0. The van der Waals surface area contributed by atoms with Gasteiger partial charge in [-0.3, -0.25) is 9.59 Å². The highest BCUT2D eigenvalue weighted by Crippen LogP contribution is 2.53. The van der Waals surface area contributed by atoms with Gasteiger partial charge in [-0.25, -0.2) is 4.79 Å². The van der Waals surface area contributed by atoms with Crippen LogP contribution in [0, 0.1) is 5.92 Å². The molecule has 122 valence electrons. The van der Waals surface area contributed by atoms with E-state index >= 15 is 0 Å². The van der Waals surface area contributed by atoms with Crippen molar-refractivity contribution in [1.29, 1.82) is 0 Å². The molecule has 0 saturated heterocycles. The lowest BCUT2D eigenvalue weighted by molar-refractivity contribution is -0.114. The normalized spacial score (nSPS) is 24.2. The molecule has 24 heavy (non-hydrogen) atoms. The third kappa shape index (κ3) is 2.12. The van der Waals surface area contributed by atoms with E-state index in [0.29, 0.717) is 36.8 Å². The highest BCUT2D eigenvalue weighted by Gasteiger charge is 2.41. The molecule has 2 N–H and O–H groups in total. The summed E-state index contributed by atoms with van der Waals surface area (Å²) in [6.07, 6.45) is 7.10. The maximum absolute atomic E-state index is 11.8. The Balaban J connectivity index is 1.91. The topological polar surface area (TPSA) is 83.5 Å². The van der Waals surface area contributed by atoms with Crippen LogP contribution in [0.1, 0.15) is 46.7 Å². The van der Waals surface area contributed by atoms with Crippen LogP contribution in [-0.4, -0.2) is 23.3 Å². The molecule has 0 radical (unpaired) electrons. The number of benzene rings is 1. The van der Waals surface area contributed by atoms with Gasteiger partial charge >= 0.3 is 5.97 Å². The molecule has 1 aromatic carbocycles. The minimum atomic E-state index is -1.06. The fourth-order valence-corrected chi connectivity index (χ4v) is 4.29. The smallest absolute Gasteiger partial charge is 0.337 e. The molecule has 4 rings (SSSR count). The van der Waals surface area contributed by atoms with E-state index in [-0.39, 0.29) is 11.3 Å². The second kappa shape index (κ2) is 5.44. The van der Waals surface area contributed by atoms with Crippen molar-refractivity contribution in [3.8, 4) is 0 Å². The fourth-order valence-electron chi connectivity index (χ4n) is 4.29. The molecule has 1 aromatic rings. The molecular formula is C19H17NO4. The number of carbonyl (C=O) groups is 3. The molecule has 0 aliphatic heterocycles. The van der Waals surface area contributed by atoms with E-state index in [2.05, 4.69) is 5.32 Å². The molecule has 0 aromatic heterocycles. The van der Waals surface area contributed by atoms with Gasteiger partial charge in [-0.05, 0) is 59.9 Å². The Kier molecular flexibility index (Phi) is 3.37. The van der Waals surface area contributed by atoms with Gasteiger partial charge in [0.1, 0.15) is 0 Å². The number of ketones is 1. The molecule has 5 nitrogen and oxygen atoms in total. The molecule has 1 saturated carbocycles. The lowest BCUT2D eigenvalue weighted by atomic mass is 9.65. The Morgan fingerprint density at radius 3 is 2.62 bits per heavy atom. The van der Waals surface area contributed by atoms with Crippen LogP contribution in [0.5, 0.6) is 0 Å². The number of carboxylic acids is 1. The van der Waals surface area contributed by atoms with E-state index in [1.165, 1.54) is 5.57 Å². The molecular weight excluding hydrogens is 306 g/mol.